The van der Waals surface area contributed by atoms with Gasteiger partial charge in [-0.2, -0.15) is 0 Å². The summed E-state index contributed by atoms with van der Waals surface area (Å²) in [7, 11) is 1.82. The molecule has 3 rings (SSSR count). The molecule has 21 heavy (non-hydrogen) atoms. The van der Waals surface area contributed by atoms with Crippen LogP contribution in [0.2, 0.25) is 0 Å². The lowest BCUT2D eigenvalue weighted by Gasteiger charge is -2.24. The second kappa shape index (κ2) is 5.50. The number of aliphatic hydroxyl groups is 1. The van der Waals surface area contributed by atoms with Gasteiger partial charge in [-0.1, -0.05) is 0 Å². The number of hydrogen-bond acceptors (Lipinski definition) is 4. The fourth-order valence-electron chi connectivity index (χ4n) is 2.78. The van der Waals surface area contributed by atoms with Crippen molar-refractivity contribution in [2.24, 2.45) is 7.05 Å². The average molecular weight is 294 g/mol. The Morgan fingerprint density at radius 2 is 2.19 bits per heavy atom. The Labute approximate surface area is 120 Å². The first-order valence-corrected chi connectivity index (χ1v) is 6.74. The minimum absolute atomic E-state index is 0.272. The summed E-state index contributed by atoms with van der Waals surface area (Å²) >= 11 is 0. The van der Waals surface area contributed by atoms with Gasteiger partial charge in [0.2, 0.25) is 0 Å². The number of rotatable bonds is 3. The Bertz CT molecular complexity index is 646. The van der Waals surface area contributed by atoms with Gasteiger partial charge in [0.05, 0.1) is 12.6 Å². The van der Waals surface area contributed by atoms with Gasteiger partial charge >= 0.3 is 0 Å². The van der Waals surface area contributed by atoms with Crippen LogP contribution in [0.25, 0.3) is 0 Å². The van der Waals surface area contributed by atoms with Crippen molar-refractivity contribution in [2.45, 2.75) is 25.1 Å². The van der Waals surface area contributed by atoms with Gasteiger partial charge in [-0.15, -0.1) is 10.2 Å². The Balaban J connectivity index is 1.89. The number of halogens is 2. The van der Waals surface area contributed by atoms with E-state index >= 15 is 0 Å². The van der Waals surface area contributed by atoms with E-state index < -0.39 is 17.7 Å². The molecule has 0 bridgehead atoms. The summed E-state index contributed by atoms with van der Waals surface area (Å²) in [6.07, 6.45) is 1.39. The van der Waals surface area contributed by atoms with Crippen LogP contribution in [0, 0.1) is 11.6 Å². The fourth-order valence-corrected chi connectivity index (χ4v) is 2.78. The topological polar surface area (TPSA) is 54.2 Å². The van der Waals surface area contributed by atoms with Gasteiger partial charge in [-0.25, -0.2) is 8.78 Å². The summed E-state index contributed by atoms with van der Waals surface area (Å²) in [5, 5.41) is 17.7. The average Bonchev–Trinajstić information content (AvgIpc) is 3.00. The van der Waals surface area contributed by atoms with E-state index in [9.17, 15) is 13.9 Å². The predicted octanol–water partition coefficient (Wildman–Crippen LogP) is 1.40. The summed E-state index contributed by atoms with van der Waals surface area (Å²) in [6, 6.07) is 3.04. The molecule has 0 aliphatic carbocycles. The van der Waals surface area contributed by atoms with E-state index in [1.54, 1.807) is 10.9 Å². The third kappa shape index (κ3) is 2.79. The van der Waals surface area contributed by atoms with Gasteiger partial charge in [-0.05, 0) is 24.6 Å². The van der Waals surface area contributed by atoms with Crippen molar-refractivity contribution in [1.29, 1.82) is 0 Å². The molecule has 1 N–H and O–H groups in total. The lowest BCUT2D eigenvalue weighted by atomic mass is 10.0. The maximum absolute atomic E-state index is 14.0. The van der Waals surface area contributed by atoms with E-state index in [2.05, 4.69) is 10.2 Å². The number of aromatic nitrogens is 3. The molecule has 5 nitrogen and oxygen atoms in total. The molecule has 1 aliphatic heterocycles. The first kappa shape index (κ1) is 14.1. The summed E-state index contributed by atoms with van der Waals surface area (Å²) in [5.41, 5.74) is 0.272. The monoisotopic (exact) mass is 294 g/mol. The maximum atomic E-state index is 14.0. The van der Waals surface area contributed by atoms with Crippen molar-refractivity contribution in [3.8, 4) is 0 Å². The van der Waals surface area contributed by atoms with Crippen molar-refractivity contribution < 1.29 is 13.9 Å². The molecule has 2 unspecified atom stereocenters. The highest BCUT2D eigenvalue weighted by atomic mass is 19.1. The predicted molar refractivity (Wildman–Crippen MR) is 71.1 cm³/mol. The fraction of sp³-hybridized carbons (Fsp3) is 0.429. The number of β-amino-alcohol motifs (C(OH)–C–C–N with tert-alkyl or cyclic N) is 1. The van der Waals surface area contributed by atoms with Crippen molar-refractivity contribution in [3.63, 3.8) is 0 Å². The smallest absolute Gasteiger partial charge is 0.146 e. The number of aryl methyl sites for hydroxylation is 1. The quantitative estimate of drug-likeness (QED) is 0.930. The summed E-state index contributed by atoms with van der Waals surface area (Å²) in [6.45, 7) is 0.821. The van der Waals surface area contributed by atoms with Crippen LogP contribution >= 0.6 is 0 Å². The molecule has 1 saturated heterocycles. The van der Waals surface area contributed by atoms with E-state index in [0.717, 1.165) is 12.1 Å². The minimum atomic E-state index is -0.564. The van der Waals surface area contributed by atoms with Crippen LogP contribution in [0.1, 0.15) is 23.9 Å². The highest BCUT2D eigenvalue weighted by Gasteiger charge is 2.34. The molecule has 2 atom stereocenters. The van der Waals surface area contributed by atoms with Crippen LogP contribution in [0.3, 0.4) is 0 Å². The zero-order valence-electron chi connectivity index (χ0n) is 11.6. The molecule has 7 heteroatoms. The van der Waals surface area contributed by atoms with Crippen molar-refractivity contribution in [3.05, 3.63) is 47.5 Å². The largest absolute Gasteiger partial charge is 0.392 e. The summed E-state index contributed by atoms with van der Waals surface area (Å²) in [4.78, 5) is 1.90. The molecular formula is C14H16F2N4O. The van der Waals surface area contributed by atoms with Gasteiger partial charge in [0.25, 0.3) is 0 Å². The van der Waals surface area contributed by atoms with E-state index in [-0.39, 0.29) is 11.6 Å². The van der Waals surface area contributed by atoms with E-state index in [4.69, 9.17) is 0 Å². The molecule has 112 valence electrons. The van der Waals surface area contributed by atoms with Crippen LogP contribution in [0.4, 0.5) is 8.78 Å². The van der Waals surface area contributed by atoms with Gasteiger partial charge in [0, 0.05) is 25.2 Å². The maximum Gasteiger partial charge on any atom is 0.146 e. The first-order valence-electron chi connectivity index (χ1n) is 6.74. The van der Waals surface area contributed by atoms with Crippen LogP contribution in [0.5, 0.6) is 0 Å². The standard InChI is InChI=1S/C14H16F2N4O/c1-19-8-17-18-14(19)7-20-6-10(21)5-13(20)11-4-9(15)2-3-12(11)16/h2-4,8,10,13,21H,5-7H2,1H3. The van der Waals surface area contributed by atoms with Crippen LogP contribution in [-0.4, -0.2) is 37.4 Å². The van der Waals surface area contributed by atoms with Gasteiger partial charge in [0.15, 0.2) is 0 Å². The molecule has 0 spiro atoms. The highest BCUT2D eigenvalue weighted by Crippen LogP contribution is 2.34. The zero-order chi connectivity index (χ0) is 15.0. The van der Waals surface area contributed by atoms with E-state index in [0.29, 0.717) is 25.3 Å². The number of aliphatic hydroxyl groups excluding tert-OH is 1. The Hall–Kier alpha value is -1.86. The Morgan fingerprint density at radius 3 is 2.90 bits per heavy atom. The first-order chi connectivity index (χ1) is 10.0. The molecular weight excluding hydrogens is 278 g/mol. The third-order valence-corrected chi connectivity index (χ3v) is 3.85. The number of hydrogen-bond donors (Lipinski definition) is 1. The Morgan fingerprint density at radius 1 is 1.38 bits per heavy atom. The SMILES string of the molecule is Cn1cnnc1CN1CC(O)CC1c1cc(F)ccc1F. The minimum Gasteiger partial charge on any atom is -0.392 e. The van der Waals surface area contributed by atoms with Crippen molar-refractivity contribution >= 4 is 0 Å². The molecule has 0 radical (unpaired) electrons. The second-order valence-corrected chi connectivity index (χ2v) is 5.36. The summed E-state index contributed by atoms with van der Waals surface area (Å²) in [5.74, 6) is -0.226. The lowest BCUT2D eigenvalue weighted by Crippen LogP contribution is -2.26. The number of likely N-dealkylation sites (tertiary alicyclic amines) is 1. The number of benzene rings is 1. The second-order valence-electron chi connectivity index (χ2n) is 5.36. The molecule has 2 aromatic rings. The van der Waals surface area contributed by atoms with Crippen LogP contribution < -0.4 is 0 Å². The third-order valence-electron chi connectivity index (χ3n) is 3.85. The van der Waals surface area contributed by atoms with Crippen molar-refractivity contribution in [2.75, 3.05) is 6.54 Å². The number of nitrogens with zero attached hydrogens (tertiary/aromatic N) is 4. The molecule has 1 aliphatic rings. The van der Waals surface area contributed by atoms with Gasteiger partial charge in [-0.3, -0.25) is 4.90 Å². The molecule has 1 aromatic heterocycles. The van der Waals surface area contributed by atoms with Gasteiger partial charge in [0.1, 0.15) is 23.8 Å². The highest BCUT2D eigenvalue weighted by molar-refractivity contribution is 5.24. The molecule has 1 aromatic carbocycles. The molecule has 0 saturated carbocycles. The lowest BCUT2D eigenvalue weighted by molar-refractivity contribution is 0.170. The van der Waals surface area contributed by atoms with Crippen LogP contribution in [0.15, 0.2) is 24.5 Å². The normalized spacial score (nSPS) is 22.9. The van der Waals surface area contributed by atoms with E-state index in [1.165, 1.54) is 6.07 Å². The molecule has 1 fully saturated rings. The van der Waals surface area contributed by atoms with Crippen LogP contribution in [-0.2, 0) is 13.6 Å². The molecule has 2 heterocycles. The zero-order valence-corrected chi connectivity index (χ0v) is 11.6. The summed E-state index contributed by atoms with van der Waals surface area (Å²) < 4.78 is 29.1. The van der Waals surface area contributed by atoms with Gasteiger partial charge < -0.3 is 9.67 Å². The Kier molecular flexibility index (Phi) is 3.69. The van der Waals surface area contributed by atoms with E-state index in [1.807, 2.05) is 11.9 Å². The molecule has 0 amide bonds. The van der Waals surface area contributed by atoms with Crippen molar-refractivity contribution in [1.82, 2.24) is 19.7 Å².